The lowest BCUT2D eigenvalue weighted by molar-refractivity contribution is -0.123. The number of amides is 2. The Kier molecular flexibility index (Phi) is 9.71. The lowest BCUT2D eigenvalue weighted by Gasteiger charge is -2.24. The largest absolute Gasteiger partial charge is 0.497 e. The number of carbonyl (C=O) groups is 2. The van der Waals surface area contributed by atoms with E-state index < -0.39 is 0 Å². The van der Waals surface area contributed by atoms with Crippen molar-refractivity contribution in [1.29, 1.82) is 0 Å². The summed E-state index contributed by atoms with van der Waals surface area (Å²) in [6.07, 6.45) is 0.770. The standard InChI is InChI=1S/C33H35ClN4O5S/c1-6-20(2)35-28(39)18-37-29(40)19-44-32(22-9-16-26(42-4)27(17-22)43-5)30-31(21-7-10-23(34)11-8-21)36-38(33(30)37)24-12-14-25(41-3)15-13-24/h7-17,20,32H,6,18-19H2,1-5H3,(H,35,39)/t20-,32-/m0/s1. The van der Waals surface area contributed by atoms with Gasteiger partial charge < -0.3 is 19.5 Å². The minimum absolute atomic E-state index is 0.0333. The number of nitrogens with zero attached hydrogens (tertiary/aromatic N) is 3. The van der Waals surface area contributed by atoms with Gasteiger partial charge in [0, 0.05) is 22.2 Å². The van der Waals surface area contributed by atoms with E-state index in [-0.39, 0.29) is 35.4 Å². The van der Waals surface area contributed by atoms with Crippen molar-refractivity contribution in [3.05, 3.63) is 82.9 Å². The van der Waals surface area contributed by atoms with Crippen LogP contribution >= 0.6 is 23.4 Å². The number of halogens is 1. The van der Waals surface area contributed by atoms with Crippen LogP contribution in [0.15, 0.2) is 66.7 Å². The zero-order valence-electron chi connectivity index (χ0n) is 25.3. The Hall–Kier alpha value is -4.15. The smallest absolute Gasteiger partial charge is 0.240 e. The molecule has 0 saturated carbocycles. The van der Waals surface area contributed by atoms with Gasteiger partial charge in [-0.2, -0.15) is 5.10 Å². The van der Waals surface area contributed by atoms with E-state index in [2.05, 4.69) is 5.32 Å². The monoisotopic (exact) mass is 634 g/mol. The second-order valence-corrected chi connectivity index (χ2v) is 11.9. The quantitative estimate of drug-likeness (QED) is 0.219. The molecule has 230 valence electrons. The maximum atomic E-state index is 13.9. The van der Waals surface area contributed by atoms with Crippen molar-refractivity contribution in [2.45, 2.75) is 31.6 Å². The second-order valence-electron chi connectivity index (χ2n) is 10.4. The number of methoxy groups -OCH3 is 3. The minimum atomic E-state index is -0.339. The summed E-state index contributed by atoms with van der Waals surface area (Å²) in [6, 6.07) is 20.6. The first kappa shape index (κ1) is 31.3. The van der Waals surface area contributed by atoms with E-state index in [0.29, 0.717) is 39.5 Å². The Morgan fingerprint density at radius 2 is 1.73 bits per heavy atom. The maximum absolute atomic E-state index is 13.9. The van der Waals surface area contributed by atoms with Crippen LogP contribution in [-0.4, -0.2) is 61.3 Å². The first-order chi connectivity index (χ1) is 21.3. The Bertz CT molecular complexity index is 1640. The number of carbonyl (C=O) groups excluding carboxylic acids is 2. The molecular weight excluding hydrogens is 600 g/mol. The molecule has 0 radical (unpaired) electrons. The number of nitrogens with one attached hydrogen (secondary N) is 1. The third-order valence-corrected chi connectivity index (χ3v) is 9.06. The second kappa shape index (κ2) is 13.7. The van der Waals surface area contributed by atoms with Gasteiger partial charge in [-0.3, -0.25) is 14.5 Å². The zero-order valence-corrected chi connectivity index (χ0v) is 26.9. The number of rotatable bonds is 10. The average Bonchev–Trinajstić information content (AvgIpc) is 3.37. The van der Waals surface area contributed by atoms with Gasteiger partial charge >= 0.3 is 0 Å². The van der Waals surface area contributed by atoms with Crippen LogP contribution in [0.5, 0.6) is 17.2 Å². The van der Waals surface area contributed by atoms with Crippen molar-refractivity contribution in [3.8, 4) is 34.2 Å². The van der Waals surface area contributed by atoms with E-state index in [9.17, 15) is 9.59 Å². The molecule has 1 aliphatic heterocycles. The third-order valence-electron chi connectivity index (χ3n) is 7.56. The number of hydrogen-bond acceptors (Lipinski definition) is 7. The summed E-state index contributed by atoms with van der Waals surface area (Å²) in [5.74, 6) is 2.08. The molecule has 0 spiro atoms. The molecule has 1 aliphatic rings. The van der Waals surface area contributed by atoms with Gasteiger partial charge in [-0.1, -0.05) is 36.7 Å². The molecule has 3 aromatic carbocycles. The fourth-order valence-electron chi connectivity index (χ4n) is 5.09. The molecule has 0 aliphatic carbocycles. The van der Waals surface area contributed by atoms with Crippen molar-refractivity contribution < 1.29 is 23.8 Å². The van der Waals surface area contributed by atoms with Crippen LogP contribution in [0.25, 0.3) is 16.9 Å². The van der Waals surface area contributed by atoms with E-state index >= 15 is 0 Å². The summed E-state index contributed by atoms with van der Waals surface area (Å²) in [5.41, 5.74) is 3.89. The number of ether oxygens (including phenoxy) is 3. The molecule has 0 unspecified atom stereocenters. The van der Waals surface area contributed by atoms with Crippen LogP contribution in [0.3, 0.4) is 0 Å². The van der Waals surface area contributed by atoms with Gasteiger partial charge in [0.1, 0.15) is 18.1 Å². The number of anilines is 1. The normalized spacial score (nSPS) is 15.3. The third kappa shape index (κ3) is 6.37. The SMILES string of the molecule is CC[C@H](C)NC(=O)CN1C(=O)CS[C@@H](c2ccc(OC)c(OC)c2)c2c(-c3ccc(Cl)cc3)nn(-c3ccc(OC)cc3)c21. The van der Waals surface area contributed by atoms with Crippen LogP contribution < -0.4 is 24.4 Å². The number of fused-ring (bicyclic) bond motifs is 1. The van der Waals surface area contributed by atoms with Crippen LogP contribution in [0.1, 0.15) is 36.6 Å². The van der Waals surface area contributed by atoms with Gasteiger partial charge in [0.25, 0.3) is 0 Å². The molecule has 0 saturated heterocycles. The topological polar surface area (TPSA) is 94.9 Å². The fraction of sp³-hybridized carbons (Fsp3) is 0.303. The average molecular weight is 635 g/mol. The Morgan fingerprint density at radius 1 is 1.02 bits per heavy atom. The summed E-state index contributed by atoms with van der Waals surface area (Å²) < 4.78 is 18.3. The fourth-order valence-corrected chi connectivity index (χ4v) is 6.40. The Morgan fingerprint density at radius 3 is 2.36 bits per heavy atom. The number of hydrogen-bond donors (Lipinski definition) is 1. The van der Waals surface area contributed by atoms with Gasteiger partial charge in [0.05, 0.1) is 43.7 Å². The Labute approximate surface area is 266 Å². The highest BCUT2D eigenvalue weighted by atomic mass is 35.5. The molecule has 11 heteroatoms. The van der Waals surface area contributed by atoms with Gasteiger partial charge in [0.2, 0.25) is 11.8 Å². The molecule has 0 fully saturated rings. The van der Waals surface area contributed by atoms with E-state index in [0.717, 1.165) is 23.1 Å². The number of aromatic nitrogens is 2. The van der Waals surface area contributed by atoms with Crippen molar-refractivity contribution in [2.24, 2.45) is 0 Å². The molecule has 2 heterocycles. The van der Waals surface area contributed by atoms with E-state index in [1.54, 1.807) is 30.9 Å². The maximum Gasteiger partial charge on any atom is 0.240 e. The molecule has 2 atom stereocenters. The van der Waals surface area contributed by atoms with Gasteiger partial charge in [-0.05, 0) is 67.4 Å². The molecule has 4 aromatic rings. The first-order valence-corrected chi connectivity index (χ1v) is 15.7. The van der Waals surface area contributed by atoms with Crippen LogP contribution in [0.4, 0.5) is 5.82 Å². The molecule has 44 heavy (non-hydrogen) atoms. The molecule has 9 nitrogen and oxygen atoms in total. The molecule has 2 amide bonds. The lowest BCUT2D eigenvalue weighted by Crippen LogP contribution is -2.44. The van der Waals surface area contributed by atoms with Gasteiger partial charge in [-0.15, -0.1) is 11.8 Å². The number of benzene rings is 3. The predicted molar refractivity (Wildman–Crippen MR) is 175 cm³/mol. The van der Waals surface area contributed by atoms with Crippen molar-refractivity contribution in [2.75, 3.05) is 38.5 Å². The highest BCUT2D eigenvalue weighted by Gasteiger charge is 2.38. The zero-order chi connectivity index (χ0) is 31.4. The Balaban J connectivity index is 1.79. The summed E-state index contributed by atoms with van der Waals surface area (Å²) in [6.45, 7) is 3.79. The minimum Gasteiger partial charge on any atom is -0.497 e. The first-order valence-electron chi connectivity index (χ1n) is 14.2. The summed E-state index contributed by atoms with van der Waals surface area (Å²) >= 11 is 7.75. The van der Waals surface area contributed by atoms with Gasteiger partial charge in [-0.25, -0.2) is 4.68 Å². The van der Waals surface area contributed by atoms with Gasteiger partial charge in [0.15, 0.2) is 11.5 Å². The molecule has 5 rings (SSSR count). The summed E-state index contributed by atoms with van der Waals surface area (Å²) in [5, 5.41) is 8.38. The van der Waals surface area contributed by atoms with E-state index in [1.165, 1.54) is 11.8 Å². The predicted octanol–water partition coefficient (Wildman–Crippen LogP) is 6.30. The number of thioether (sulfide) groups is 1. The van der Waals surface area contributed by atoms with E-state index in [1.807, 2.05) is 80.6 Å². The van der Waals surface area contributed by atoms with Crippen LogP contribution in [0.2, 0.25) is 5.02 Å². The molecular formula is C33H35ClN4O5S. The molecule has 1 aromatic heterocycles. The van der Waals surface area contributed by atoms with Crippen LogP contribution in [-0.2, 0) is 9.59 Å². The highest BCUT2D eigenvalue weighted by molar-refractivity contribution is 8.00. The summed E-state index contributed by atoms with van der Waals surface area (Å²) in [4.78, 5) is 28.8. The van der Waals surface area contributed by atoms with Crippen molar-refractivity contribution >= 4 is 41.0 Å². The van der Waals surface area contributed by atoms with E-state index in [4.69, 9.17) is 30.9 Å². The van der Waals surface area contributed by atoms with Crippen molar-refractivity contribution in [1.82, 2.24) is 15.1 Å². The van der Waals surface area contributed by atoms with Crippen molar-refractivity contribution in [3.63, 3.8) is 0 Å². The highest BCUT2D eigenvalue weighted by Crippen LogP contribution is 2.49. The molecule has 0 bridgehead atoms. The molecule has 1 N–H and O–H groups in total. The summed E-state index contributed by atoms with van der Waals surface area (Å²) in [7, 11) is 4.79. The lowest BCUT2D eigenvalue weighted by atomic mass is 9.99. The van der Waals surface area contributed by atoms with Crippen LogP contribution in [0, 0.1) is 0 Å².